The molecule has 6 fully saturated rings. The maximum Gasteiger partial charge on any atom is 0.274 e. The first-order chi connectivity index (χ1) is 18.1. The van der Waals surface area contributed by atoms with Crippen LogP contribution < -0.4 is 5.32 Å². The summed E-state index contributed by atoms with van der Waals surface area (Å²) >= 11 is 0. The van der Waals surface area contributed by atoms with E-state index in [1.54, 1.807) is 10.6 Å². The monoisotopic (exact) mass is 505 g/mol. The first kappa shape index (κ1) is 23.7. The predicted molar refractivity (Wildman–Crippen MR) is 139 cm³/mol. The molecular formula is C29H39N5O3. The van der Waals surface area contributed by atoms with Gasteiger partial charge in [-0.15, -0.1) is 0 Å². The Morgan fingerprint density at radius 1 is 0.973 bits per heavy atom. The van der Waals surface area contributed by atoms with Crippen LogP contribution in [-0.2, 0) is 4.74 Å². The van der Waals surface area contributed by atoms with E-state index < -0.39 is 0 Å². The molecule has 6 aliphatic rings. The Kier molecular flexibility index (Phi) is 6.00. The quantitative estimate of drug-likeness (QED) is 0.675. The third-order valence-electron chi connectivity index (χ3n) is 10.0. The summed E-state index contributed by atoms with van der Waals surface area (Å²) in [5.74, 6) is 2.49. The topological polar surface area (TPSA) is 79.2 Å². The highest BCUT2D eigenvalue weighted by Crippen LogP contribution is 2.59. The highest BCUT2D eigenvalue weighted by molar-refractivity contribution is 5.95. The summed E-state index contributed by atoms with van der Waals surface area (Å²) in [6, 6.07) is 6.14. The van der Waals surface area contributed by atoms with Gasteiger partial charge in [-0.2, -0.15) is 0 Å². The van der Waals surface area contributed by atoms with Crippen LogP contribution in [0.15, 0.2) is 24.4 Å². The van der Waals surface area contributed by atoms with E-state index in [0.717, 1.165) is 63.4 Å². The number of carbonyl (C=O) groups is 2. The van der Waals surface area contributed by atoms with Crippen molar-refractivity contribution in [2.75, 3.05) is 45.9 Å². The van der Waals surface area contributed by atoms with Crippen LogP contribution in [-0.4, -0.2) is 83.0 Å². The van der Waals surface area contributed by atoms with Crippen LogP contribution >= 0.6 is 0 Å². The number of nitrogens with zero attached hydrogens (tertiary/aromatic N) is 4. The minimum absolute atomic E-state index is 0.0461. The zero-order chi connectivity index (χ0) is 25.0. The zero-order valence-electron chi connectivity index (χ0n) is 21.7. The van der Waals surface area contributed by atoms with Gasteiger partial charge in [0.25, 0.3) is 11.8 Å². The van der Waals surface area contributed by atoms with Crippen molar-refractivity contribution in [2.45, 2.75) is 57.4 Å². The van der Waals surface area contributed by atoms with E-state index in [4.69, 9.17) is 4.74 Å². The standard InChI is InChI=1S/C29H39N5O3/c35-27(30-19-29-15-20-12-21(16-29)14-22(13-20)17-29)25-2-1-3-26-31-24(18-34(25)26)28(36)33-8-6-32(7-9-33)23-4-10-37-11-5-23/h1-3,18,20-23H,4-17,19H2,(H,30,35). The summed E-state index contributed by atoms with van der Waals surface area (Å²) in [7, 11) is 0. The Labute approximate surface area is 218 Å². The van der Waals surface area contributed by atoms with Gasteiger partial charge in [0.15, 0.2) is 0 Å². The highest BCUT2D eigenvalue weighted by Gasteiger charge is 2.50. The van der Waals surface area contributed by atoms with Crippen molar-refractivity contribution < 1.29 is 14.3 Å². The van der Waals surface area contributed by atoms with Crippen molar-refractivity contribution in [1.29, 1.82) is 0 Å². The molecule has 2 aromatic heterocycles. The number of hydrogen-bond donors (Lipinski definition) is 1. The van der Waals surface area contributed by atoms with Crippen LogP contribution in [0.3, 0.4) is 0 Å². The molecule has 4 aliphatic carbocycles. The normalized spacial score (nSPS) is 32.2. The van der Waals surface area contributed by atoms with Crippen LogP contribution in [0.2, 0.25) is 0 Å². The molecule has 4 heterocycles. The Bertz CT molecular complexity index is 1140. The molecule has 4 bridgehead atoms. The Hall–Kier alpha value is -2.45. The number of aromatic nitrogens is 2. The Morgan fingerprint density at radius 2 is 1.65 bits per heavy atom. The largest absolute Gasteiger partial charge is 0.381 e. The van der Waals surface area contributed by atoms with E-state index in [2.05, 4.69) is 15.2 Å². The first-order valence-corrected chi connectivity index (χ1v) is 14.4. The number of amides is 2. The predicted octanol–water partition coefficient (Wildman–Crippen LogP) is 3.22. The van der Waals surface area contributed by atoms with Crippen LogP contribution in [0.25, 0.3) is 5.65 Å². The summed E-state index contributed by atoms with van der Waals surface area (Å²) < 4.78 is 7.29. The molecule has 1 N–H and O–H groups in total. The van der Waals surface area contributed by atoms with Gasteiger partial charge in [0.05, 0.1) is 0 Å². The molecule has 8 rings (SSSR count). The zero-order valence-corrected chi connectivity index (χ0v) is 21.7. The average molecular weight is 506 g/mol. The SMILES string of the molecule is O=C(NCC12CC3CC(CC(C3)C1)C2)c1cccc2nc(C(=O)N3CCN(C4CCOCC4)CC3)cn12. The fraction of sp³-hybridized carbons (Fsp3) is 0.690. The molecule has 2 amide bonds. The summed E-state index contributed by atoms with van der Waals surface area (Å²) in [5.41, 5.74) is 1.91. The molecule has 0 radical (unpaired) electrons. The van der Waals surface area contributed by atoms with E-state index >= 15 is 0 Å². The number of pyridine rings is 1. The number of piperazine rings is 1. The molecule has 0 atom stereocenters. The van der Waals surface area contributed by atoms with Crippen LogP contribution in [0.5, 0.6) is 0 Å². The number of fused-ring (bicyclic) bond motifs is 1. The van der Waals surface area contributed by atoms with Gasteiger partial charge < -0.3 is 15.0 Å². The molecule has 0 unspecified atom stereocenters. The van der Waals surface area contributed by atoms with Gasteiger partial charge >= 0.3 is 0 Å². The van der Waals surface area contributed by atoms with E-state index in [9.17, 15) is 9.59 Å². The number of carbonyl (C=O) groups excluding carboxylic acids is 2. The van der Waals surface area contributed by atoms with Gasteiger partial charge in [-0.25, -0.2) is 4.98 Å². The Balaban J connectivity index is 1.02. The van der Waals surface area contributed by atoms with E-state index in [1.165, 1.54) is 38.5 Å². The van der Waals surface area contributed by atoms with Crippen LogP contribution in [0, 0.1) is 23.2 Å². The van der Waals surface area contributed by atoms with Gasteiger partial charge in [0.1, 0.15) is 17.0 Å². The summed E-state index contributed by atoms with van der Waals surface area (Å²) in [6.45, 7) is 5.64. The summed E-state index contributed by atoms with van der Waals surface area (Å²) in [4.78, 5) is 35.7. The average Bonchev–Trinajstić information content (AvgIpc) is 3.36. The second-order valence-electron chi connectivity index (χ2n) is 12.5. The maximum atomic E-state index is 13.3. The van der Waals surface area contributed by atoms with Crippen molar-refractivity contribution in [3.63, 3.8) is 0 Å². The lowest BCUT2D eigenvalue weighted by Crippen LogP contribution is -2.53. The van der Waals surface area contributed by atoms with Crippen molar-refractivity contribution in [1.82, 2.24) is 24.5 Å². The smallest absolute Gasteiger partial charge is 0.274 e. The van der Waals surface area contributed by atoms with Gasteiger partial charge in [-0.05, 0) is 86.7 Å². The maximum absolute atomic E-state index is 13.3. The third kappa shape index (κ3) is 4.46. The van der Waals surface area contributed by atoms with E-state index in [0.29, 0.717) is 41.6 Å². The van der Waals surface area contributed by atoms with Crippen LogP contribution in [0.4, 0.5) is 0 Å². The molecule has 8 heteroatoms. The lowest BCUT2D eigenvalue weighted by Gasteiger charge is -2.56. The number of imidazole rings is 1. The lowest BCUT2D eigenvalue weighted by molar-refractivity contribution is -0.0503. The van der Waals surface area contributed by atoms with Gasteiger partial charge in [-0.1, -0.05) is 6.07 Å². The molecule has 2 saturated heterocycles. The van der Waals surface area contributed by atoms with Crippen molar-refractivity contribution in [3.05, 3.63) is 35.8 Å². The number of rotatable bonds is 5. The fourth-order valence-corrected chi connectivity index (χ4v) is 8.67. The van der Waals surface area contributed by atoms with E-state index in [1.807, 2.05) is 23.1 Å². The molecule has 0 aromatic carbocycles. The molecule has 4 saturated carbocycles. The molecule has 198 valence electrons. The summed E-state index contributed by atoms with van der Waals surface area (Å²) in [6.07, 6.45) is 11.9. The molecular weight excluding hydrogens is 466 g/mol. The van der Waals surface area contributed by atoms with Crippen molar-refractivity contribution >= 4 is 17.5 Å². The van der Waals surface area contributed by atoms with Gasteiger partial charge in [0, 0.05) is 58.2 Å². The Morgan fingerprint density at radius 3 is 2.32 bits per heavy atom. The minimum Gasteiger partial charge on any atom is -0.381 e. The third-order valence-corrected chi connectivity index (χ3v) is 10.0. The lowest BCUT2D eigenvalue weighted by atomic mass is 9.49. The van der Waals surface area contributed by atoms with E-state index in [-0.39, 0.29) is 11.8 Å². The first-order valence-electron chi connectivity index (χ1n) is 14.4. The molecule has 2 aromatic rings. The molecule has 2 aliphatic heterocycles. The summed E-state index contributed by atoms with van der Waals surface area (Å²) in [5, 5.41) is 3.29. The molecule has 8 nitrogen and oxygen atoms in total. The number of ether oxygens (including phenoxy) is 1. The highest BCUT2D eigenvalue weighted by atomic mass is 16.5. The number of hydrogen-bond acceptors (Lipinski definition) is 5. The fourth-order valence-electron chi connectivity index (χ4n) is 8.67. The number of nitrogens with one attached hydrogen (secondary N) is 1. The molecule has 37 heavy (non-hydrogen) atoms. The second kappa shape index (κ2) is 9.38. The van der Waals surface area contributed by atoms with Gasteiger partial charge in [0.2, 0.25) is 0 Å². The minimum atomic E-state index is -0.0668. The molecule has 0 spiro atoms. The van der Waals surface area contributed by atoms with Crippen molar-refractivity contribution in [3.8, 4) is 0 Å². The second-order valence-corrected chi connectivity index (χ2v) is 12.5. The van der Waals surface area contributed by atoms with Crippen molar-refractivity contribution in [2.24, 2.45) is 23.2 Å². The van der Waals surface area contributed by atoms with Gasteiger partial charge in [-0.3, -0.25) is 18.9 Å². The van der Waals surface area contributed by atoms with Crippen LogP contribution in [0.1, 0.15) is 72.3 Å².